The third-order valence-electron chi connectivity index (χ3n) is 7.03. The highest BCUT2D eigenvalue weighted by Gasteiger charge is 2.49. The first-order valence-corrected chi connectivity index (χ1v) is 11.9. The van der Waals surface area contributed by atoms with E-state index in [1.165, 1.54) is 30.4 Å². The number of benzene rings is 2. The Morgan fingerprint density at radius 3 is 2.35 bits per heavy atom. The van der Waals surface area contributed by atoms with Crippen LogP contribution in [0.2, 0.25) is 0 Å². The molecule has 0 radical (unpaired) electrons. The highest BCUT2D eigenvalue weighted by Crippen LogP contribution is 2.51. The second-order valence-corrected chi connectivity index (χ2v) is 9.51. The molecule has 0 aromatic heterocycles. The SMILES string of the molecule is CC1CCC(C(C)C)C(c2ccccc2)(N(CCNN)CCOCc2ccccc2)C1. The van der Waals surface area contributed by atoms with Crippen LogP contribution in [0.15, 0.2) is 60.7 Å². The number of nitrogens with zero attached hydrogens (tertiary/aromatic N) is 1. The topological polar surface area (TPSA) is 50.5 Å². The Morgan fingerprint density at radius 1 is 1.03 bits per heavy atom. The van der Waals surface area contributed by atoms with Gasteiger partial charge in [0.2, 0.25) is 0 Å². The zero-order valence-electron chi connectivity index (χ0n) is 19.6. The van der Waals surface area contributed by atoms with Crippen molar-refractivity contribution in [3.05, 3.63) is 71.8 Å². The van der Waals surface area contributed by atoms with Crippen molar-refractivity contribution in [1.82, 2.24) is 10.3 Å². The minimum Gasteiger partial charge on any atom is -0.375 e. The Balaban J connectivity index is 1.86. The standard InChI is InChI=1S/C27H41N3O/c1-22(2)26-15-14-23(3)20-27(26,25-12-8-5-9-13-25)30(17-16-29-28)18-19-31-21-24-10-6-4-7-11-24/h4-13,22-23,26,29H,14-21,28H2,1-3H3. The molecule has 0 saturated heterocycles. The normalized spacial score (nSPS) is 24.1. The first kappa shape index (κ1) is 23.9. The molecule has 0 spiro atoms. The van der Waals surface area contributed by atoms with Crippen LogP contribution in [0.25, 0.3) is 0 Å². The summed E-state index contributed by atoms with van der Waals surface area (Å²) in [5, 5.41) is 0. The van der Waals surface area contributed by atoms with Crippen LogP contribution in [-0.4, -0.2) is 31.1 Å². The summed E-state index contributed by atoms with van der Waals surface area (Å²) in [5.74, 6) is 7.66. The van der Waals surface area contributed by atoms with Gasteiger partial charge in [0.1, 0.15) is 0 Å². The van der Waals surface area contributed by atoms with E-state index in [0.29, 0.717) is 31.0 Å². The number of nitrogens with one attached hydrogen (secondary N) is 1. The lowest BCUT2D eigenvalue weighted by molar-refractivity contribution is -0.0540. The first-order valence-electron chi connectivity index (χ1n) is 11.9. The largest absolute Gasteiger partial charge is 0.375 e. The maximum absolute atomic E-state index is 6.13. The summed E-state index contributed by atoms with van der Waals surface area (Å²) in [6, 6.07) is 21.6. The minimum atomic E-state index is 0.0139. The van der Waals surface area contributed by atoms with Crippen LogP contribution < -0.4 is 11.3 Å². The molecule has 1 saturated carbocycles. The monoisotopic (exact) mass is 423 g/mol. The Labute approximate surface area is 189 Å². The quantitative estimate of drug-likeness (QED) is 0.305. The molecule has 3 N–H and O–H groups in total. The molecule has 3 rings (SSSR count). The average molecular weight is 424 g/mol. The summed E-state index contributed by atoms with van der Waals surface area (Å²) in [5.41, 5.74) is 5.58. The van der Waals surface area contributed by atoms with Crippen LogP contribution in [0.4, 0.5) is 0 Å². The van der Waals surface area contributed by atoms with Gasteiger partial charge in [0.05, 0.1) is 13.2 Å². The van der Waals surface area contributed by atoms with Gasteiger partial charge >= 0.3 is 0 Å². The molecule has 3 unspecified atom stereocenters. The molecule has 1 aliphatic carbocycles. The zero-order valence-corrected chi connectivity index (χ0v) is 19.6. The second-order valence-electron chi connectivity index (χ2n) is 9.51. The van der Waals surface area contributed by atoms with E-state index >= 15 is 0 Å². The van der Waals surface area contributed by atoms with Gasteiger partial charge in [-0.05, 0) is 41.7 Å². The van der Waals surface area contributed by atoms with Crippen LogP contribution >= 0.6 is 0 Å². The third-order valence-corrected chi connectivity index (χ3v) is 7.03. The van der Waals surface area contributed by atoms with E-state index in [1.54, 1.807) is 0 Å². The van der Waals surface area contributed by atoms with E-state index < -0.39 is 0 Å². The fraction of sp³-hybridized carbons (Fsp3) is 0.556. The molecule has 4 heteroatoms. The van der Waals surface area contributed by atoms with Crippen LogP contribution in [-0.2, 0) is 16.9 Å². The van der Waals surface area contributed by atoms with E-state index in [9.17, 15) is 0 Å². The number of hydrogen-bond acceptors (Lipinski definition) is 4. The maximum atomic E-state index is 6.13. The van der Waals surface area contributed by atoms with E-state index in [2.05, 4.69) is 85.7 Å². The molecule has 31 heavy (non-hydrogen) atoms. The molecule has 0 heterocycles. The molecule has 2 aromatic rings. The third kappa shape index (κ3) is 5.95. The highest BCUT2D eigenvalue weighted by molar-refractivity contribution is 5.27. The van der Waals surface area contributed by atoms with Crippen molar-refractivity contribution in [2.24, 2.45) is 23.6 Å². The summed E-state index contributed by atoms with van der Waals surface area (Å²) in [4.78, 5) is 2.67. The molecule has 0 amide bonds. The second kappa shape index (κ2) is 11.8. The predicted molar refractivity (Wildman–Crippen MR) is 129 cm³/mol. The Bertz CT molecular complexity index is 752. The summed E-state index contributed by atoms with van der Waals surface area (Å²) in [7, 11) is 0. The van der Waals surface area contributed by atoms with E-state index in [-0.39, 0.29) is 5.54 Å². The fourth-order valence-electron chi connectivity index (χ4n) is 5.63. The van der Waals surface area contributed by atoms with Gasteiger partial charge in [0.15, 0.2) is 0 Å². The summed E-state index contributed by atoms with van der Waals surface area (Å²) in [6.07, 6.45) is 3.76. The molecule has 0 bridgehead atoms. The van der Waals surface area contributed by atoms with Crippen molar-refractivity contribution in [3.63, 3.8) is 0 Å². The van der Waals surface area contributed by atoms with E-state index in [1.807, 2.05) is 6.07 Å². The number of hydrazine groups is 1. The maximum Gasteiger partial charge on any atom is 0.0717 e. The van der Waals surface area contributed by atoms with Crippen molar-refractivity contribution in [1.29, 1.82) is 0 Å². The molecular formula is C27H41N3O. The van der Waals surface area contributed by atoms with Crippen molar-refractivity contribution < 1.29 is 4.74 Å². The van der Waals surface area contributed by atoms with Gasteiger partial charge in [-0.15, -0.1) is 0 Å². The zero-order chi connectivity index (χ0) is 22.1. The fourth-order valence-corrected chi connectivity index (χ4v) is 5.63. The Morgan fingerprint density at radius 2 is 1.71 bits per heavy atom. The molecular weight excluding hydrogens is 382 g/mol. The van der Waals surface area contributed by atoms with Crippen LogP contribution in [0.5, 0.6) is 0 Å². The number of nitrogens with two attached hydrogens (primary N) is 1. The summed E-state index contributed by atoms with van der Waals surface area (Å²) in [6.45, 7) is 11.2. The Kier molecular flexibility index (Phi) is 9.09. The van der Waals surface area contributed by atoms with Crippen molar-refractivity contribution in [2.75, 3.05) is 26.2 Å². The van der Waals surface area contributed by atoms with Gasteiger partial charge in [-0.3, -0.25) is 16.2 Å². The van der Waals surface area contributed by atoms with Crippen molar-refractivity contribution in [2.45, 2.75) is 52.2 Å². The van der Waals surface area contributed by atoms with Crippen LogP contribution in [0, 0.1) is 17.8 Å². The molecule has 1 aliphatic rings. The van der Waals surface area contributed by atoms with Crippen LogP contribution in [0.3, 0.4) is 0 Å². The summed E-state index contributed by atoms with van der Waals surface area (Å²) < 4.78 is 6.13. The Hall–Kier alpha value is -1.72. The summed E-state index contributed by atoms with van der Waals surface area (Å²) >= 11 is 0. The molecule has 0 aliphatic heterocycles. The number of hydrogen-bond donors (Lipinski definition) is 2. The number of ether oxygens (including phenoxy) is 1. The van der Waals surface area contributed by atoms with Gasteiger partial charge in [-0.25, -0.2) is 0 Å². The predicted octanol–water partition coefficient (Wildman–Crippen LogP) is 4.96. The lowest BCUT2D eigenvalue weighted by Crippen LogP contribution is -2.58. The van der Waals surface area contributed by atoms with Gasteiger partial charge in [-0.1, -0.05) is 87.9 Å². The molecule has 2 aromatic carbocycles. The van der Waals surface area contributed by atoms with Gasteiger partial charge in [0, 0.05) is 25.2 Å². The van der Waals surface area contributed by atoms with E-state index in [4.69, 9.17) is 10.6 Å². The molecule has 170 valence electrons. The average Bonchev–Trinajstić information content (AvgIpc) is 2.79. The lowest BCUT2D eigenvalue weighted by atomic mass is 9.61. The smallest absolute Gasteiger partial charge is 0.0717 e. The van der Waals surface area contributed by atoms with Crippen molar-refractivity contribution >= 4 is 0 Å². The minimum absolute atomic E-state index is 0.0139. The van der Waals surface area contributed by atoms with E-state index in [0.717, 1.165) is 19.6 Å². The lowest BCUT2D eigenvalue weighted by Gasteiger charge is -2.55. The van der Waals surface area contributed by atoms with Gasteiger partial charge in [0.25, 0.3) is 0 Å². The first-order chi connectivity index (χ1) is 15.1. The van der Waals surface area contributed by atoms with Gasteiger partial charge < -0.3 is 4.74 Å². The molecule has 3 atom stereocenters. The highest BCUT2D eigenvalue weighted by atomic mass is 16.5. The molecule has 1 fully saturated rings. The number of rotatable bonds is 11. The molecule has 4 nitrogen and oxygen atoms in total. The van der Waals surface area contributed by atoms with Gasteiger partial charge in [-0.2, -0.15) is 0 Å². The van der Waals surface area contributed by atoms with Crippen LogP contribution in [0.1, 0.15) is 51.2 Å². The van der Waals surface area contributed by atoms with Crippen molar-refractivity contribution in [3.8, 4) is 0 Å².